The lowest BCUT2D eigenvalue weighted by Crippen LogP contribution is -2.50. The van der Waals surface area contributed by atoms with E-state index >= 15 is 0 Å². The van der Waals surface area contributed by atoms with Gasteiger partial charge in [0.1, 0.15) is 11.4 Å². The Kier molecular flexibility index (Phi) is 13.0. The van der Waals surface area contributed by atoms with Crippen LogP contribution in [0.2, 0.25) is 0 Å². The van der Waals surface area contributed by atoms with Crippen LogP contribution in [0.25, 0.3) is 0 Å². The van der Waals surface area contributed by atoms with Crippen LogP contribution < -0.4 is 20.7 Å². The fraction of sp³-hybridized carbons (Fsp3) is 0.424. The van der Waals surface area contributed by atoms with Gasteiger partial charge in [0, 0.05) is 77.6 Å². The summed E-state index contributed by atoms with van der Waals surface area (Å²) in [5.41, 5.74) is 0.862. The quantitative estimate of drug-likeness (QED) is 0.352. The van der Waals surface area contributed by atoms with Crippen molar-refractivity contribution in [1.82, 2.24) is 35.8 Å². The summed E-state index contributed by atoms with van der Waals surface area (Å²) in [6.07, 6.45) is 9.38. The molecule has 2 aliphatic heterocycles. The number of methoxy groups -OCH3 is 1. The lowest BCUT2D eigenvalue weighted by atomic mass is 9.77. The molecule has 3 N–H and O–H groups in total. The third kappa shape index (κ3) is 10.3. The molecule has 1 unspecified atom stereocenters. The maximum atomic E-state index is 13.9. The van der Waals surface area contributed by atoms with E-state index in [2.05, 4.69) is 30.9 Å². The Morgan fingerprint density at radius 3 is 2.54 bits per heavy atom. The first-order valence-corrected chi connectivity index (χ1v) is 15.3. The molecule has 5 rings (SSSR count). The second-order valence-electron chi connectivity index (χ2n) is 11.1. The molecule has 0 radical (unpaired) electrons. The highest BCUT2D eigenvalue weighted by Gasteiger charge is 2.38. The average molecular weight is 632 g/mol. The smallest absolute Gasteiger partial charge is 0.274 e. The molecule has 0 fully saturated rings. The number of hydrogen-bond donors (Lipinski definition) is 3. The van der Waals surface area contributed by atoms with E-state index < -0.39 is 5.41 Å². The summed E-state index contributed by atoms with van der Waals surface area (Å²) in [6.45, 7) is 1.48. The van der Waals surface area contributed by atoms with E-state index in [9.17, 15) is 19.2 Å². The van der Waals surface area contributed by atoms with E-state index in [0.29, 0.717) is 57.7 Å². The molecule has 4 amide bonds. The van der Waals surface area contributed by atoms with Crippen molar-refractivity contribution in [3.8, 4) is 5.75 Å². The van der Waals surface area contributed by atoms with Crippen molar-refractivity contribution >= 4 is 23.6 Å². The van der Waals surface area contributed by atoms with Crippen molar-refractivity contribution in [1.29, 1.82) is 0 Å². The summed E-state index contributed by atoms with van der Waals surface area (Å²) in [7, 11) is 1.57. The Bertz CT molecular complexity index is 1430. The molecule has 13 heteroatoms. The van der Waals surface area contributed by atoms with Gasteiger partial charge in [-0.15, -0.1) is 0 Å². The summed E-state index contributed by atoms with van der Waals surface area (Å²) >= 11 is 0. The Morgan fingerprint density at radius 1 is 1.00 bits per heavy atom. The highest BCUT2D eigenvalue weighted by molar-refractivity contribution is 5.92. The van der Waals surface area contributed by atoms with E-state index in [0.717, 1.165) is 11.1 Å². The molecule has 2 bridgehead atoms. The summed E-state index contributed by atoms with van der Waals surface area (Å²) in [5, 5.41) is 8.84. The number of nitrogens with one attached hydrogen (secondary N) is 3. The number of hydrogen-bond acceptors (Lipinski definition) is 9. The normalized spacial score (nSPS) is 18.5. The van der Waals surface area contributed by atoms with Crippen molar-refractivity contribution in [3.63, 3.8) is 0 Å². The van der Waals surface area contributed by atoms with Gasteiger partial charge in [0.05, 0.1) is 11.6 Å². The topological polar surface area (TPSA) is 165 Å². The number of nitrogens with zero attached hydrogens (tertiary/aromatic N) is 4. The summed E-state index contributed by atoms with van der Waals surface area (Å²) in [4.78, 5) is 66.5. The number of benzene rings is 1. The van der Waals surface area contributed by atoms with E-state index in [1.54, 1.807) is 42.6 Å². The van der Waals surface area contributed by atoms with Crippen molar-refractivity contribution in [2.45, 2.75) is 38.6 Å². The zero-order chi connectivity index (χ0) is 32.6. The van der Waals surface area contributed by atoms with E-state index in [4.69, 9.17) is 9.47 Å². The van der Waals surface area contributed by atoms with Crippen molar-refractivity contribution in [2.24, 2.45) is 5.41 Å². The van der Waals surface area contributed by atoms with Crippen LogP contribution in [-0.4, -0.2) is 90.0 Å². The minimum absolute atomic E-state index is 0.0781. The van der Waals surface area contributed by atoms with E-state index in [1.807, 2.05) is 18.2 Å². The third-order valence-electron chi connectivity index (χ3n) is 7.73. The van der Waals surface area contributed by atoms with Gasteiger partial charge < -0.3 is 30.3 Å². The van der Waals surface area contributed by atoms with Crippen LogP contribution in [0.5, 0.6) is 5.75 Å². The van der Waals surface area contributed by atoms with Crippen LogP contribution in [0.15, 0.2) is 67.4 Å². The van der Waals surface area contributed by atoms with Gasteiger partial charge >= 0.3 is 0 Å². The SMILES string of the molecule is COCCC1(C(=O)NCc2cccnc2)CNC(=O)CCCN(C(=O)c2cnccn2)CCCNC(=O)COc2ccc(cc2)C1. The van der Waals surface area contributed by atoms with Gasteiger partial charge in [0.15, 0.2) is 6.61 Å². The van der Waals surface area contributed by atoms with E-state index in [1.165, 1.54) is 18.6 Å². The molecule has 0 saturated carbocycles. The van der Waals surface area contributed by atoms with Gasteiger partial charge in [-0.25, -0.2) is 4.98 Å². The minimum Gasteiger partial charge on any atom is -0.484 e. The number of fused-ring (bicyclic) bond motifs is 17. The molecule has 0 aliphatic carbocycles. The van der Waals surface area contributed by atoms with Crippen LogP contribution in [-0.2, 0) is 32.1 Å². The van der Waals surface area contributed by atoms with Gasteiger partial charge in [-0.1, -0.05) is 18.2 Å². The molecule has 0 saturated heterocycles. The number of rotatable bonds is 7. The van der Waals surface area contributed by atoms with Crippen LogP contribution in [0.4, 0.5) is 0 Å². The van der Waals surface area contributed by atoms with Crippen molar-refractivity contribution in [2.75, 3.05) is 46.5 Å². The summed E-state index contributed by atoms with van der Waals surface area (Å²) < 4.78 is 11.1. The molecule has 4 heterocycles. The lowest BCUT2D eigenvalue weighted by Gasteiger charge is -2.33. The fourth-order valence-corrected chi connectivity index (χ4v) is 5.15. The standard InChI is InChI=1S/C33H41N7O6/c1-45-18-11-33(32(44)38-21-26-5-2-12-34-20-26)19-25-7-9-27(10-8-25)46-23-30(42)37-13-4-17-40(16-3-6-29(41)39-24-33)31(43)28-22-35-14-15-36-28/h2,5,7-10,12,14-15,20,22H,3-4,6,11,13,16-19,21,23-24H2,1H3,(H,37,42)(H,38,44)(H,39,41). The predicted octanol–water partition coefficient (Wildman–Crippen LogP) is 1.69. The molecule has 1 aromatic carbocycles. The first kappa shape index (κ1) is 34.0. The van der Waals surface area contributed by atoms with Crippen molar-refractivity contribution in [3.05, 3.63) is 84.2 Å². The Labute approximate surface area is 268 Å². The molecule has 0 spiro atoms. The highest BCUT2D eigenvalue weighted by atomic mass is 16.5. The second kappa shape index (κ2) is 17.5. The van der Waals surface area contributed by atoms with Gasteiger partial charge in [-0.3, -0.25) is 29.1 Å². The van der Waals surface area contributed by atoms with Crippen LogP contribution >= 0.6 is 0 Å². The van der Waals surface area contributed by atoms with Crippen LogP contribution in [0, 0.1) is 5.41 Å². The monoisotopic (exact) mass is 631 g/mol. The zero-order valence-corrected chi connectivity index (χ0v) is 26.1. The number of aromatic nitrogens is 3. The number of amides is 4. The molecule has 3 aromatic rings. The maximum Gasteiger partial charge on any atom is 0.274 e. The van der Waals surface area contributed by atoms with Gasteiger partial charge in [-0.2, -0.15) is 0 Å². The number of carbonyl (C=O) groups is 4. The lowest BCUT2D eigenvalue weighted by molar-refractivity contribution is -0.133. The van der Waals surface area contributed by atoms with Crippen molar-refractivity contribution < 1.29 is 28.7 Å². The third-order valence-corrected chi connectivity index (χ3v) is 7.73. The van der Waals surface area contributed by atoms with Gasteiger partial charge in [0.2, 0.25) is 11.8 Å². The first-order valence-electron chi connectivity index (χ1n) is 15.3. The Balaban J connectivity index is 1.55. The Morgan fingerprint density at radius 2 is 1.80 bits per heavy atom. The number of carbonyl (C=O) groups excluding carboxylic acids is 4. The predicted molar refractivity (Wildman–Crippen MR) is 168 cm³/mol. The molecule has 244 valence electrons. The molecule has 46 heavy (non-hydrogen) atoms. The zero-order valence-electron chi connectivity index (χ0n) is 26.1. The molecular weight excluding hydrogens is 590 g/mol. The van der Waals surface area contributed by atoms with Gasteiger partial charge in [0.25, 0.3) is 11.8 Å². The summed E-state index contributed by atoms with van der Waals surface area (Å²) in [5.74, 6) is -0.554. The summed E-state index contributed by atoms with van der Waals surface area (Å²) in [6, 6.07) is 10.9. The molecular formula is C33H41N7O6. The molecule has 2 aliphatic rings. The molecule has 13 nitrogen and oxygen atoms in total. The Hall–Kier alpha value is -4.91. The highest BCUT2D eigenvalue weighted by Crippen LogP contribution is 2.29. The van der Waals surface area contributed by atoms with Crippen LogP contribution in [0.1, 0.15) is 47.3 Å². The van der Waals surface area contributed by atoms with Crippen LogP contribution in [0.3, 0.4) is 0 Å². The fourth-order valence-electron chi connectivity index (χ4n) is 5.15. The molecule has 2 aromatic heterocycles. The van der Waals surface area contributed by atoms with E-state index in [-0.39, 0.29) is 55.4 Å². The number of ether oxygens (including phenoxy) is 2. The second-order valence-corrected chi connectivity index (χ2v) is 11.1. The first-order chi connectivity index (χ1) is 22.4. The van der Waals surface area contributed by atoms with Gasteiger partial charge in [-0.05, 0) is 55.0 Å². The minimum atomic E-state index is -1.04. The largest absolute Gasteiger partial charge is 0.484 e. The average Bonchev–Trinajstić information content (AvgIpc) is 3.09. The molecule has 1 atom stereocenters. The number of pyridine rings is 1. The maximum absolute atomic E-state index is 13.9.